The van der Waals surface area contributed by atoms with E-state index in [-0.39, 0.29) is 51.0 Å². The normalized spacial score (nSPS) is 13.5. The van der Waals surface area contributed by atoms with Crippen LogP contribution in [0.1, 0.15) is 12.8 Å². The Kier molecular flexibility index (Phi) is 21.9. The number of hydrogen-bond acceptors (Lipinski definition) is 0. The molecule has 0 bridgehead atoms. The number of rotatable bonds is 0. The van der Waals surface area contributed by atoms with Gasteiger partial charge >= 0.3 is 26.2 Å². The van der Waals surface area contributed by atoms with Crippen molar-refractivity contribution < 1.29 is 51.0 Å². The van der Waals surface area contributed by atoms with Crippen LogP contribution in [-0.2, 0) is 26.2 Å². The molecule has 0 fully saturated rings. The average molecular weight is 292 g/mol. The Bertz CT molecular complexity index is 151. The van der Waals surface area contributed by atoms with E-state index in [9.17, 15) is 0 Å². The van der Waals surface area contributed by atoms with Crippen LogP contribution in [0, 0.1) is 12.2 Å². The van der Waals surface area contributed by atoms with Crippen LogP contribution in [0.25, 0.3) is 0 Å². The number of allylic oxidation sites excluding steroid dienone is 8. The van der Waals surface area contributed by atoms with Crippen LogP contribution in [0.4, 0.5) is 0 Å². The van der Waals surface area contributed by atoms with Crippen LogP contribution in [-0.4, -0.2) is 0 Å². The van der Waals surface area contributed by atoms with Gasteiger partial charge in [-0.25, -0.2) is 0 Å². The van der Waals surface area contributed by atoms with Crippen molar-refractivity contribution in [3.05, 3.63) is 48.6 Å². The molecule has 0 atom stereocenters. The monoisotopic (exact) mass is 290 g/mol. The molecule has 13 heavy (non-hydrogen) atoms. The zero-order chi connectivity index (χ0) is 7.07. The summed E-state index contributed by atoms with van der Waals surface area (Å²) in [5, 5.41) is 0. The van der Waals surface area contributed by atoms with E-state index in [1.165, 1.54) is 0 Å². The van der Waals surface area contributed by atoms with E-state index in [4.69, 9.17) is 0 Å². The fraction of sp³-hybridized carbons (Fsp3) is 0.200. The molecule has 2 aliphatic carbocycles. The second-order valence-electron chi connectivity index (χ2n) is 2.01. The number of halogens is 2. The Balaban J connectivity index is -0.000000125. The second-order valence-corrected chi connectivity index (χ2v) is 2.01. The van der Waals surface area contributed by atoms with Crippen LogP contribution in [0.5, 0.6) is 0 Å². The minimum Gasteiger partial charge on any atom is -1.00 e. The summed E-state index contributed by atoms with van der Waals surface area (Å²) in [5.41, 5.74) is 0. The molecule has 0 aromatic carbocycles. The molecule has 0 spiro atoms. The van der Waals surface area contributed by atoms with Crippen molar-refractivity contribution in [1.29, 1.82) is 0 Å². The summed E-state index contributed by atoms with van der Waals surface area (Å²) in [6.45, 7) is 0. The molecular weight excluding hydrogens is 282 g/mol. The summed E-state index contributed by atoms with van der Waals surface area (Å²) in [7, 11) is 0. The molecule has 2 radical (unpaired) electrons. The molecule has 0 aliphatic heterocycles. The summed E-state index contributed by atoms with van der Waals surface area (Å²) in [4.78, 5) is 0. The van der Waals surface area contributed by atoms with E-state index < -0.39 is 0 Å². The average Bonchev–Trinajstić information content (AvgIpc) is 2.67. The molecule has 0 heterocycles. The molecule has 0 saturated carbocycles. The predicted molar refractivity (Wildman–Crippen MR) is 43.1 cm³/mol. The molecule has 0 nitrogen and oxygen atoms in total. The predicted octanol–water partition coefficient (Wildman–Crippen LogP) is -3.38. The van der Waals surface area contributed by atoms with Gasteiger partial charge in [-0.2, -0.15) is 0 Å². The third-order valence-electron chi connectivity index (χ3n) is 1.17. The van der Waals surface area contributed by atoms with Crippen LogP contribution < -0.4 is 24.8 Å². The maximum atomic E-state index is 2.99. The van der Waals surface area contributed by atoms with E-state index in [0.29, 0.717) is 0 Å². The van der Waals surface area contributed by atoms with Gasteiger partial charge in [0.1, 0.15) is 0 Å². The molecule has 3 heteroatoms. The van der Waals surface area contributed by atoms with Gasteiger partial charge in [-0.3, -0.25) is 0 Å². The molecule has 0 unspecified atom stereocenters. The van der Waals surface area contributed by atoms with Gasteiger partial charge in [0.05, 0.1) is 0 Å². The van der Waals surface area contributed by atoms with E-state index in [1.807, 2.05) is 24.3 Å². The fourth-order valence-electron chi connectivity index (χ4n) is 0.680. The van der Waals surface area contributed by atoms with Gasteiger partial charge < -0.3 is 24.8 Å². The minimum absolute atomic E-state index is 0. The van der Waals surface area contributed by atoms with Gasteiger partial charge in [-0.05, 0) is 25.0 Å². The maximum Gasteiger partial charge on any atom is 2.00 e. The molecule has 2 rings (SSSR count). The van der Waals surface area contributed by atoms with Crippen molar-refractivity contribution in [1.82, 2.24) is 0 Å². The first kappa shape index (κ1) is 19.1. The molecule has 2 aliphatic rings. The largest absolute Gasteiger partial charge is 2.00 e. The van der Waals surface area contributed by atoms with Crippen molar-refractivity contribution >= 4 is 0 Å². The third-order valence-corrected chi connectivity index (χ3v) is 1.17. The van der Waals surface area contributed by atoms with Gasteiger partial charge in [0.2, 0.25) is 0 Å². The van der Waals surface area contributed by atoms with Crippen LogP contribution in [0.3, 0.4) is 0 Å². The summed E-state index contributed by atoms with van der Waals surface area (Å²) in [6.07, 6.45) is 20.0. The van der Waals surface area contributed by atoms with E-state index >= 15 is 0 Å². The summed E-state index contributed by atoms with van der Waals surface area (Å²) < 4.78 is 0. The zero-order valence-corrected chi connectivity index (χ0v) is 11.1. The van der Waals surface area contributed by atoms with Gasteiger partial charge in [0, 0.05) is 0 Å². The fourth-order valence-corrected chi connectivity index (χ4v) is 0.680. The molecular formula is C10H10Cl2Zr. The molecule has 0 aromatic heterocycles. The van der Waals surface area contributed by atoms with E-state index in [0.717, 1.165) is 12.8 Å². The Hall–Kier alpha value is 0.423. The number of hydrogen-bond donors (Lipinski definition) is 0. The third kappa shape index (κ3) is 12.4. The summed E-state index contributed by atoms with van der Waals surface area (Å²) in [5.74, 6) is 0. The van der Waals surface area contributed by atoms with Gasteiger partial charge in [-0.1, -0.05) is 36.5 Å². The summed E-state index contributed by atoms with van der Waals surface area (Å²) in [6, 6.07) is 0. The van der Waals surface area contributed by atoms with Crippen molar-refractivity contribution in [2.45, 2.75) is 12.8 Å². The van der Waals surface area contributed by atoms with Crippen LogP contribution in [0.15, 0.2) is 36.5 Å². The van der Waals surface area contributed by atoms with Crippen LogP contribution in [0.2, 0.25) is 0 Å². The molecule has 0 saturated heterocycles. The zero-order valence-electron chi connectivity index (χ0n) is 7.13. The van der Waals surface area contributed by atoms with E-state index in [1.54, 1.807) is 0 Å². The van der Waals surface area contributed by atoms with Gasteiger partial charge in [-0.15, -0.1) is 0 Å². The van der Waals surface area contributed by atoms with Crippen LogP contribution >= 0.6 is 0 Å². The SMILES string of the molecule is [C]1=CC=CC1.[C]1=CC=CC1.[Cl-].[Cl-].[Zr+2]. The van der Waals surface area contributed by atoms with Crippen molar-refractivity contribution in [3.63, 3.8) is 0 Å². The van der Waals surface area contributed by atoms with E-state index in [2.05, 4.69) is 24.3 Å². The first-order valence-electron chi connectivity index (χ1n) is 3.43. The quantitative estimate of drug-likeness (QED) is 0.437. The smallest absolute Gasteiger partial charge is 1.00 e. The maximum absolute atomic E-state index is 2.99. The van der Waals surface area contributed by atoms with Crippen molar-refractivity contribution in [2.75, 3.05) is 0 Å². The minimum atomic E-state index is 0. The summed E-state index contributed by atoms with van der Waals surface area (Å²) >= 11 is 0. The Morgan fingerprint density at radius 2 is 1.15 bits per heavy atom. The topological polar surface area (TPSA) is 0 Å². The first-order chi connectivity index (χ1) is 5.00. The van der Waals surface area contributed by atoms with Gasteiger partial charge in [0.25, 0.3) is 0 Å². The first-order valence-corrected chi connectivity index (χ1v) is 3.43. The Morgan fingerprint density at radius 1 is 0.769 bits per heavy atom. The Morgan fingerprint density at radius 3 is 1.23 bits per heavy atom. The molecule has 0 aromatic rings. The standard InChI is InChI=1S/2C5H5.2ClH.Zr/c2*1-2-4-5-3-1;;;/h2*1-3H,4H2;2*1H;/q;;;;+2/p-2. The van der Waals surface area contributed by atoms with Crippen molar-refractivity contribution in [2.24, 2.45) is 0 Å². The Labute approximate surface area is 112 Å². The molecule has 68 valence electrons. The second kappa shape index (κ2) is 14.9. The molecule has 0 amide bonds. The van der Waals surface area contributed by atoms with Crippen molar-refractivity contribution in [3.8, 4) is 0 Å². The molecule has 0 N–H and O–H groups in total. The van der Waals surface area contributed by atoms with Gasteiger partial charge in [0.15, 0.2) is 0 Å².